The minimum Gasteiger partial charge on any atom is -0.337 e. The monoisotopic (exact) mass is 227 g/mol. The van der Waals surface area contributed by atoms with Gasteiger partial charge in [-0.25, -0.2) is 4.79 Å². The Bertz CT molecular complexity index is 198. The van der Waals surface area contributed by atoms with Crippen LogP contribution in [-0.4, -0.2) is 44.2 Å². The van der Waals surface area contributed by atoms with Crippen molar-refractivity contribution in [2.24, 2.45) is 0 Å². The smallest absolute Gasteiger partial charge is 0.316 e. The molecule has 4 heteroatoms. The topological polar surface area (TPSA) is 44.4 Å². The second-order valence-electron chi connectivity index (χ2n) is 4.77. The highest BCUT2D eigenvalue weighted by molar-refractivity contribution is 5.73. The van der Waals surface area contributed by atoms with E-state index < -0.39 is 0 Å². The van der Waals surface area contributed by atoms with Gasteiger partial charge in [-0.3, -0.25) is 0 Å². The first-order valence-electron chi connectivity index (χ1n) is 6.38. The molecule has 1 aliphatic rings. The molecule has 0 radical (unpaired) electrons. The van der Waals surface area contributed by atoms with E-state index in [1.165, 1.54) is 38.5 Å². The van der Waals surface area contributed by atoms with Gasteiger partial charge in [0.15, 0.2) is 0 Å². The minimum absolute atomic E-state index is 0.0114. The molecule has 1 saturated carbocycles. The summed E-state index contributed by atoms with van der Waals surface area (Å²) in [6, 6.07) is 0.654. The van der Waals surface area contributed by atoms with E-state index in [1.807, 2.05) is 0 Å². The molecule has 2 amide bonds. The molecule has 1 rings (SSSR count). The van der Waals surface area contributed by atoms with Crippen molar-refractivity contribution >= 4 is 6.03 Å². The average Bonchev–Trinajstić information content (AvgIpc) is 2.52. The molecule has 94 valence electrons. The van der Waals surface area contributed by atoms with Crippen LogP contribution in [0.2, 0.25) is 0 Å². The molecule has 2 N–H and O–H groups in total. The lowest BCUT2D eigenvalue weighted by Crippen LogP contribution is -2.40. The second-order valence-corrected chi connectivity index (χ2v) is 4.77. The van der Waals surface area contributed by atoms with Gasteiger partial charge in [0.25, 0.3) is 0 Å². The Labute approximate surface area is 98.8 Å². The van der Waals surface area contributed by atoms with Crippen LogP contribution in [0.4, 0.5) is 4.79 Å². The molecule has 0 aromatic rings. The zero-order valence-corrected chi connectivity index (χ0v) is 10.6. The van der Waals surface area contributed by atoms with E-state index in [1.54, 1.807) is 19.0 Å². The molecular weight excluding hydrogens is 202 g/mol. The fourth-order valence-electron chi connectivity index (χ4n) is 2.09. The molecule has 0 bridgehead atoms. The molecular formula is C12H25N3O. The van der Waals surface area contributed by atoms with E-state index in [-0.39, 0.29) is 6.03 Å². The van der Waals surface area contributed by atoms with Gasteiger partial charge in [0.1, 0.15) is 0 Å². The summed E-state index contributed by atoms with van der Waals surface area (Å²) in [6.07, 6.45) is 8.05. The molecule has 0 atom stereocenters. The molecule has 0 aliphatic heterocycles. The molecule has 0 spiro atoms. The predicted octanol–water partition coefficient (Wildman–Crippen LogP) is 1.57. The maximum atomic E-state index is 11.2. The van der Waals surface area contributed by atoms with Gasteiger partial charge in [-0.2, -0.15) is 0 Å². The van der Waals surface area contributed by atoms with Gasteiger partial charge < -0.3 is 15.5 Å². The van der Waals surface area contributed by atoms with Crippen LogP contribution in [0.5, 0.6) is 0 Å². The van der Waals surface area contributed by atoms with Crippen LogP contribution in [0.3, 0.4) is 0 Å². The van der Waals surface area contributed by atoms with Crippen molar-refractivity contribution in [2.75, 3.05) is 27.2 Å². The Morgan fingerprint density at radius 3 is 2.31 bits per heavy atom. The third kappa shape index (κ3) is 5.35. The van der Waals surface area contributed by atoms with E-state index in [2.05, 4.69) is 10.6 Å². The van der Waals surface area contributed by atoms with Crippen LogP contribution >= 0.6 is 0 Å². The summed E-state index contributed by atoms with van der Waals surface area (Å²) in [4.78, 5) is 12.8. The van der Waals surface area contributed by atoms with E-state index in [0.29, 0.717) is 12.6 Å². The van der Waals surface area contributed by atoms with Crippen LogP contribution in [0, 0.1) is 0 Å². The number of hydrogen-bond donors (Lipinski definition) is 2. The van der Waals surface area contributed by atoms with Gasteiger partial charge in [-0.15, -0.1) is 0 Å². The summed E-state index contributed by atoms with van der Waals surface area (Å²) in [7, 11) is 3.52. The van der Waals surface area contributed by atoms with Crippen molar-refractivity contribution in [3.63, 3.8) is 0 Å². The zero-order chi connectivity index (χ0) is 11.8. The van der Waals surface area contributed by atoms with Gasteiger partial charge >= 0.3 is 6.03 Å². The number of carbonyl (C=O) groups is 1. The number of rotatable bonds is 4. The lowest BCUT2D eigenvalue weighted by Gasteiger charge is -2.17. The number of carbonyl (C=O) groups excluding carboxylic acids is 1. The minimum atomic E-state index is -0.0114. The molecule has 0 aromatic heterocycles. The average molecular weight is 227 g/mol. The predicted molar refractivity (Wildman–Crippen MR) is 66.6 cm³/mol. The van der Waals surface area contributed by atoms with E-state index in [9.17, 15) is 4.79 Å². The lowest BCUT2D eigenvalue weighted by atomic mass is 10.1. The van der Waals surface area contributed by atoms with Crippen LogP contribution in [0.15, 0.2) is 0 Å². The number of nitrogens with one attached hydrogen (secondary N) is 2. The number of hydrogen-bond acceptors (Lipinski definition) is 2. The molecule has 0 heterocycles. The SMILES string of the molecule is CN(C)C(=O)NCCNC1CCCCCC1. The van der Waals surface area contributed by atoms with Crippen LogP contribution in [-0.2, 0) is 0 Å². The Morgan fingerprint density at radius 1 is 1.12 bits per heavy atom. The van der Waals surface area contributed by atoms with E-state index in [0.717, 1.165) is 6.54 Å². The summed E-state index contributed by atoms with van der Waals surface area (Å²) >= 11 is 0. The molecule has 16 heavy (non-hydrogen) atoms. The summed E-state index contributed by atoms with van der Waals surface area (Å²) in [5.74, 6) is 0. The quantitative estimate of drug-likeness (QED) is 0.565. The summed E-state index contributed by atoms with van der Waals surface area (Å²) in [5, 5.41) is 6.38. The summed E-state index contributed by atoms with van der Waals surface area (Å²) in [5.41, 5.74) is 0. The molecule has 0 aromatic carbocycles. The second kappa shape index (κ2) is 7.49. The van der Waals surface area contributed by atoms with Crippen molar-refractivity contribution in [3.05, 3.63) is 0 Å². The highest BCUT2D eigenvalue weighted by Crippen LogP contribution is 2.16. The fraction of sp³-hybridized carbons (Fsp3) is 0.917. The first-order valence-corrected chi connectivity index (χ1v) is 6.38. The highest BCUT2D eigenvalue weighted by Gasteiger charge is 2.10. The van der Waals surface area contributed by atoms with Crippen molar-refractivity contribution in [1.82, 2.24) is 15.5 Å². The van der Waals surface area contributed by atoms with Crippen molar-refractivity contribution in [3.8, 4) is 0 Å². The maximum Gasteiger partial charge on any atom is 0.316 e. The van der Waals surface area contributed by atoms with Gasteiger partial charge in [0.05, 0.1) is 0 Å². The third-order valence-electron chi connectivity index (χ3n) is 3.10. The Morgan fingerprint density at radius 2 is 1.75 bits per heavy atom. The maximum absolute atomic E-state index is 11.2. The van der Waals surface area contributed by atoms with Gasteiger partial charge in [0, 0.05) is 33.2 Å². The summed E-state index contributed by atoms with van der Waals surface area (Å²) in [6.45, 7) is 1.60. The number of urea groups is 1. The lowest BCUT2D eigenvalue weighted by molar-refractivity contribution is 0.217. The largest absolute Gasteiger partial charge is 0.337 e. The van der Waals surface area contributed by atoms with E-state index in [4.69, 9.17) is 0 Å². The highest BCUT2D eigenvalue weighted by atomic mass is 16.2. The molecule has 1 aliphatic carbocycles. The van der Waals surface area contributed by atoms with Crippen molar-refractivity contribution < 1.29 is 4.79 Å². The van der Waals surface area contributed by atoms with Crippen molar-refractivity contribution in [1.29, 1.82) is 0 Å². The molecule has 1 fully saturated rings. The van der Waals surface area contributed by atoms with Crippen LogP contribution in [0.25, 0.3) is 0 Å². The molecule has 0 saturated heterocycles. The fourth-order valence-corrected chi connectivity index (χ4v) is 2.09. The first-order chi connectivity index (χ1) is 7.70. The Balaban J connectivity index is 2.03. The Hall–Kier alpha value is -0.770. The van der Waals surface area contributed by atoms with Gasteiger partial charge in [-0.05, 0) is 12.8 Å². The standard InChI is InChI=1S/C12H25N3O/c1-15(2)12(16)14-10-9-13-11-7-5-3-4-6-8-11/h11,13H,3-10H2,1-2H3,(H,14,16). The first kappa shape index (κ1) is 13.3. The van der Waals surface area contributed by atoms with Gasteiger partial charge in [-0.1, -0.05) is 25.7 Å². The normalized spacial score (nSPS) is 17.9. The molecule has 4 nitrogen and oxygen atoms in total. The van der Waals surface area contributed by atoms with Crippen molar-refractivity contribution in [2.45, 2.75) is 44.6 Å². The zero-order valence-electron chi connectivity index (χ0n) is 10.6. The third-order valence-corrected chi connectivity index (χ3v) is 3.10. The summed E-state index contributed by atoms with van der Waals surface area (Å²) < 4.78 is 0. The molecule has 0 unspecified atom stereocenters. The van der Waals surface area contributed by atoms with Crippen LogP contribution < -0.4 is 10.6 Å². The van der Waals surface area contributed by atoms with Crippen LogP contribution in [0.1, 0.15) is 38.5 Å². The van der Waals surface area contributed by atoms with Gasteiger partial charge in [0.2, 0.25) is 0 Å². The Kier molecular flexibility index (Phi) is 6.23. The van der Waals surface area contributed by atoms with E-state index >= 15 is 0 Å². The number of nitrogens with zero attached hydrogens (tertiary/aromatic N) is 1. The number of amides is 2.